The number of likely N-dealkylation sites (N-methyl/N-ethyl adjacent to an activating group) is 1. The molecule has 24 heavy (non-hydrogen) atoms. The standard InChI is InChI=1S/C20H31FN2O/c1-5-10-18(23(6-2)11-8-7-9-12-23)20(24)22-19-15(3)13-17(21)14-16(19)4/h13-14,18H,5-12H2,1-4H3/p+1. The molecule has 1 unspecified atom stereocenters. The molecule has 1 fully saturated rings. The van der Waals surface area contributed by atoms with Crippen LogP contribution >= 0.6 is 0 Å². The quantitative estimate of drug-likeness (QED) is 0.758. The lowest BCUT2D eigenvalue weighted by molar-refractivity contribution is -0.945. The molecular formula is C20H32FN2O+. The van der Waals surface area contributed by atoms with Gasteiger partial charge in [-0.05, 0) is 69.7 Å². The number of quaternary nitrogens is 1. The highest BCUT2D eigenvalue weighted by Crippen LogP contribution is 2.28. The van der Waals surface area contributed by atoms with Gasteiger partial charge in [0, 0.05) is 12.1 Å². The van der Waals surface area contributed by atoms with Crippen molar-refractivity contribution in [1.82, 2.24) is 0 Å². The zero-order valence-corrected chi connectivity index (χ0v) is 15.6. The van der Waals surface area contributed by atoms with Gasteiger partial charge in [0.25, 0.3) is 5.91 Å². The highest BCUT2D eigenvalue weighted by atomic mass is 19.1. The first-order valence-electron chi connectivity index (χ1n) is 9.37. The van der Waals surface area contributed by atoms with Crippen LogP contribution in [0.4, 0.5) is 10.1 Å². The lowest BCUT2D eigenvalue weighted by Crippen LogP contribution is -2.61. The summed E-state index contributed by atoms with van der Waals surface area (Å²) in [4.78, 5) is 13.1. The molecule has 0 spiro atoms. The molecule has 1 heterocycles. The van der Waals surface area contributed by atoms with Crippen LogP contribution in [0.25, 0.3) is 0 Å². The van der Waals surface area contributed by atoms with Crippen molar-refractivity contribution >= 4 is 11.6 Å². The molecule has 1 atom stereocenters. The summed E-state index contributed by atoms with van der Waals surface area (Å²) in [5.41, 5.74) is 2.35. The molecule has 0 saturated carbocycles. The fraction of sp³-hybridized carbons (Fsp3) is 0.650. The van der Waals surface area contributed by atoms with Gasteiger partial charge in [0.05, 0.1) is 19.6 Å². The Kier molecular flexibility index (Phi) is 6.39. The second-order valence-electron chi connectivity index (χ2n) is 7.25. The number of benzene rings is 1. The van der Waals surface area contributed by atoms with Gasteiger partial charge in [-0.1, -0.05) is 6.92 Å². The summed E-state index contributed by atoms with van der Waals surface area (Å²) in [6, 6.07) is 2.97. The third kappa shape index (κ3) is 3.97. The molecule has 1 N–H and O–H groups in total. The average molecular weight is 335 g/mol. The van der Waals surface area contributed by atoms with E-state index < -0.39 is 0 Å². The van der Waals surface area contributed by atoms with Crippen LogP contribution in [0.15, 0.2) is 12.1 Å². The first-order chi connectivity index (χ1) is 11.4. The summed E-state index contributed by atoms with van der Waals surface area (Å²) in [5, 5.41) is 3.13. The molecule has 0 bridgehead atoms. The van der Waals surface area contributed by atoms with Crippen molar-refractivity contribution in [1.29, 1.82) is 0 Å². The number of hydrogen-bond acceptors (Lipinski definition) is 1. The van der Waals surface area contributed by atoms with Gasteiger partial charge in [-0.2, -0.15) is 0 Å². The number of nitrogens with one attached hydrogen (secondary N) is 1. The van der Waals surface area contributed by atoms with Crippen LogP contribution in [0, 0.1) is 19.7 Å². The van der Waals surface area contributed by atoms with Crippen LogP contribution < -0.4 is 5.32 Å². The molecule has 0 aromatic heterocycles. The molecule has 0 aliphatic carbocycles. The van der Waals surface area contributed by atoms with Crippen LogP contribution in [0.5, 0.6) is 0 Å². The van der Waals surface area contributed by atoms with E-state index in [1.165, 1.54) is 31.4 Å². The van der Waals surface area contributed by atoms with E-state index in [4.69, 9.17) is 0 Å². The Balaban J connectivity index is 2.26. The normalized spacial score (nSPS) is 18.2. The topological polar surface area (TPSA) is 29.1 Å². The number of hydrogen-bond donors (Lipinski definition) is 1. The zero-order chi connectivity index (χ0) is 17.7. The van der Waals surface area contributed by atoms with Crippen LogP contribution in [0.3, 0.4) is 0 Å². The molecule has 1 saturated heterocycles. The molecule has 0 radical (unpaired) electrons. The third-order valence-electron chi connectivity index (χ3n) is 5.61. The maximum Gasteiger partial charge on any atom is 0.282 e. The molecule has 1 aliphatic rings. The van der Waals surface area contributed by atoms with E-state index in [1.54, 1.807) is 0 Å². The Bertz CT molecular complexity index is 556. The monoisotopic (exact) mass is 335 g/mol. The van der Waals surface area contributed by atoms with Crippen molar-refractivity contribution in [3.05, 3.63) is 29.1 Å². The molecule has 4 heteroatoms. The first-order valence-corrected chi connectivity index (χ1v) is 9.37. The molecule has 2 rings (SSSR count). The molecular weight excluding hydrogens is 303 g/mol. The highest BCUT2D eigenvalue weighted by Gasteiger charge is 2.41. The number of carbonyl (C=O) groups is 1. The van der Waals surface area contributed by atoms with E-state index in [-0.39, 0.29) is 17.8 Å². The summed E-state index contributed by atoms with van der Waals surface area (Å²) in [7, 11) is 0. The van der Waals surface area contributed by atoms with Crippen LogP contribution in [-0.2, 0) is 4.79 Å². The predicted octanol–water partition coefficient (Wildman–Crippen LogP) is 4.57. The number of anilines is 1. The Morgan fingerprint density at radius 2 is 1.75 bits per heavy atom. The molecule has 3 nitrogen and oxygen atoms in total. The Hall–Kier alpha value is -1.42. The maximum atomic E-state index is 13.5. The Labute approximate surface area is 145 Å². The summed E-state index contributed by atoms with van der Waals surface area (Å²) >= 11 is 0. The summed E-state index contributed by atoms with van der Waals surface area (Å²) in [5.74, 6) is -0.153. The summed E-state index contributed by atoms with van der Waals surface area (Å²) in [6.45, 7) is 11.2. The molecule has 134 valence electrons. The number of likely N-dealkylation sites (tertiary alicyclic amines) is 1. The minimum atomic E-state index is -0.249. The smallest absolute Gasteiger partial charge is 0.282 e. The van der Waals surface area contributed by atoms with Crippen molar-refractivity contribution in [2.24, 2.45) is 0 Å². The largest absolute Gasteiger partial charge is 0.320 e. The van der Waals surface area contributed by atoms with E-state index in [0.29, 0.717) is 0 Å². The number of halogens is 1. The third-order valence-corrected chi connectivity index (χ3v) is 5.61. The second-order valence-corrected chi connectivity index (χ2v) is 7.25. The minimum Gasteiger partial charge on any atom is -0.320 e. The van der Waals surface area contributed by atoms with Gasteiger partial charge in [-0.3, -0.25) is 4.79 Å². The molecule has 1 aromatic carbocycles. The summed E-state index contributed by atoms with van der Waals surface area (Å²) in [6.07, 6.45) is 5.58. The fourth-order valence-electron chi connectivity index (χ4n) is 4.23. The Morgan fingerprint density at radius 3 is 2.25 bits per heavy atom. The van der Waals surface area contributed by atoms with Gasteiger partial charge in [-0.15, -0.1) is 0 Å². The number of aryl methyl sites for hydroxylation is 2. The summed E-state index contributed by atoms with van der Waals surface area (Å²) < 4.78 is 14.4. The van der Waals surface area contributed by atoms with Gasteiger partial charge < -0.3 is 9.80 Å². The average Bonchev–Trinajstić information content (AvgIpc) is 2.56. The fourth-order valence-corrected chi connectivity index (χ4v) is 4.23. The van der Waals surface area contributed by atoms with Crippen molar-refractivity contribution in [3.63, 3.8) is 0 Å². The van der Waals surface area contributed by atoms with Crippen molar-refractivity contribution in [2.75, 3.05) is 25.0 Å². The number of amides is 1. The van der Waals surface area contributed by atoms with Crippen LogP contribution in [-0.4, -0.2) is 36.1 Å². The van der Waals surface area contributed by atoms with Gasteiger partial charge in [0.15, 0.2) is 6.04 Å². The predicted molar refractivity (Wildman–Crippen MR) is 97.6 cm³/mol. The highest BCUT2D eigenvalue weighted by molar-refractivity contribution is 5.95. The lowest BCUT2D eigenvalue weighted by Gasteiger charge is -2.46. The lowest BCUT2D eigenvalue weighted by atomic mass is 9.98. The van der Waals surface area contributed by atoms with Gasteiger partial charge in [-0.25, -0.2) is 4.39 Å². The van der Waals surface area contributed by atoms with Crippen LogP contribution in [0.1, 0.15) is 57.1 Å². The number of rotatable bonds is 6. The van der Waals surface area contributed by atoms with Gasteiger partial charge >= 0.3 is 0 Å². The Morgan fingerprint density at radius 1 is 1.17 bits per heavy atom. The molecule has 1 amide bonds. The van der Waals surface area contributed by atoms with E-state index in [9.17, 15) is 9.18 Å². The zero-order valence-electron chi connectivity index (χ0n) is 15.6. The van der Waals surface area contributed by atoms with Crippen molar-refractivity contribution in [3.8, 4) is 0 Å². The SMILES string of the molecule is CCCC(C(=O)Nc1c(C)cc(F)cc1C)[N+]1(CC)CCCCC1. The van der Waals surface area contributed by atoms with Gasteiger partial charge in [0.2, 0.25) is 0 Å². The van der Waals surface area contributed by atoms with Gasteiger partial charge in [0.1, 0.15) is 5.82 Å². The van der Waals surface area contributed by atoms with Crippen LogP contribution in [0.2, 0.25) is 0 Å². The van der Waals surface area contributed by atoms with E-state index in [2.05, 4.69) is 19.2 Å². The molecule has 1 aromatic rings. The van der Waals surface area contributed by atoms with E-state index in [1.807, 2.05) is 13.8 Å². The molecule has 1 aliphatic heterocycles. The van der Waals surface area contributed by atoms with Crippen molar-refractivity contribution in [2.45, 2.75) is 65.8 Å². The number of carbonyl (C=O) groups excluding carboxylic acids is 1. The van der Waals surface area contributed by atoms with E-state index in [0.717, 1.165) is 53.8 Å². The first kappa shape index (κ1) is 18.9. The van der Waals surface area contributed by atoms with Crippen molar-refractivity contribution < 1.29 is 13.7 Å². The minimum absolute atomic E-state index is 0.0100. The van der Waals surface area contributed by atoms with E-state index >= 15 is 0 Å². The number of nitrogens with zero attached hydrogens (tertiary/aromatic N) is 1. The maximum absolute atomic E-state index is 13.5. The number of piperidine rings is 1. The second kappa shape index (κ2) is 8.11.